The average molecular weight is 184 g/mol. The van der Waals surface area contributed by atoms with Crippen LogP contribution in [-0.2, 0) is 4.79 Å². The topological polar surface area (TPSA) is 32.7 Å². The summed E-state index contributed by atoms with van der Waals surface area (Å²) >= 11 is 0. The lowest BCUT2D eigenvalue weighted by Crippen LogP contribution is -2.23. The van der Waals surface area contributed by atoms with Gasteiger partial charge in [0, 0.05) is 18.6 Å². The third-order valence-corrected chi connectivity index (χ3v) is 2.00. The summed E-state index contributed by atoms with van der Waals surface area (Å²) in [5, 5.41) is 0. The molecule has 1 atom stereocenters. The second-order valence-corrected chi connectivity index (χ2v) is 3.53. The first-order valence-corrected chi connectivity index (χ1v) is 4.68. The summed E-state index contributed by atoms with van der Waals surface area (Å²) in [6.07, 6.45) is 1.25. The van der Waals surface area contributed by atoms with Gasteiger partial charge in [0.15, 0.2) is 0 Å². The summed E-state index contributed by atoms with van der Waals surface area (Å²) in [7, 11) is 3.95. The molecule has 0 heterocycles. The van der Waals surface area contributed by atoms with E-state index < -0.39 is 0 Å². The number of rotatable bonds is 5. The molecule has 0 amide bonds. The maximum atomic E-state index is 11.1. The second kappa shape index (κ2) is 5.86. The van der Waals surface area contributed by atoms with Crippen molar-refractivity contribution in [2.45, 2.75) is 39.8 Å². The predicted octanol–water partition coefficient (Wildman–Crippen LogP) is 1.72. The van der Waals surface area contributed by atoms with Crippen LogP contribution in [0.4, 0.5) is 0 Å². The first-order chi connectivity index (χ1) is 5.97. The Morgan fingerprint density at radius 1 is 1.46 bits per heavy atom. The van der Waals surface area contributed by atoms with E-state index in [1.807, 2.05) is 39.8 Å². The molecule has 0 rings (SSSR count). The van der Waals surface area contributed by atoms with Gasteiger partial charge in [0.05, 0.1) is 6.17 Å². The van der Waals surface area contributed by atoms with Crippen molar-refractivity contribution < 1.29 is 4.79 Å². The van der Waals surface area contributed by atoms with E-state index in [-0.39, 0.29) is 11.9 Å². The van der Waals surface area contributed by atoms with Crippen molar-refractivity contribution >= 4 is 11.5 Å². The van der Waals surface area contributed by atoms with Crippen LogP contribution < -0.4 is 0 Å². The lowest BCUT2D eigenvalue weighted by atomic mass is 10.2. The van der Waals surface area contributed by atoms with Crippen LogP contribution in [-0.4, -0.2) is 36.7 Å². The lowest BCUT2D eigenvalue weighted by molar-refractivity contribution is -0.117. The summed E-state index contributed by atoms with van der Waals surface area (Å²) in [6.45, 7) is 5.80. The Labute approximate surface area is 80.8 Å². The number of nitrogens with zero attached hydrogens (tertiary/aromatic N) is 2. The number of ketones is 1. The molecule has 0 fully saturated rings. The first kappa shape index (κ1) is 12.3. The van der Waals surface area contributed by atoms with Gasteiger partial charge in [0.25, 0.3) is 0 Å². The van der Waals surface area contributed by atoms with Crippen LogP contribution >= 0.6 is 0 Å². The summed E-state index contributed by atoms with van der Waals surface area (Å²) < 4.78 is 0. The summed E-state index contributed by atoms with van der Waals surface area (Å²) in [5.41, 5.74) is 0.924. The van der Waals surface area contributed by atoms with Gasteiger partial charge in [0.1, 0.15) is 5.78 Å². The van der Waals surface area contributed by atoms with Gasteiger partial charge >= 0.3 is 0 Å². The first-order valence-electron chi connectivity index (χ1n) is 4.68. The van der Waals surface area contributed by atoms with Gasteiger partial charge in [-0.15, -0.1) is 0 Å². The molecule has 0 aromatic heterocycles. The Hall–Kier alpha value is -0.700. The minimum absolute atomic E-state index is 0.157. The second-order valence-electron chi connectivity index (χ2n) is 3.53. The fourth-order valence-corrected chi connectivity index (χ4v) is 0.890. The smallest absolute Gasteiger partial charge is 0.138 e. The maximum Gasteiger partial charge on any atom is 0.138 e. The van der Waals surface area contributed by atoms with Crippen molar-refractivity contribution in [1.82, 2.24) is 4.90 Å². The zero-order valence-corrected chi connectivity index (χ0v) is 9.29. The van der Waals surface area contributed by atoms with Crippen molar-refractivity contribution in [3.05, 3.63) is 0 Å². The molecule has 1 unspecified atom stereocenters. The minimum Gasteiger partial charge on any atom is -0.299 e. The molecule has 0 N–H and O–H groups in total. The zero-order valence-electron chi connectivity index (χ0n) is 9.29. The van der Waals surface area contributed by atoms with Crippen molar-refractivity contribution in [3.8, 4) is 0 Å². The molecule has 0 aromatic carbocycles. The van der Waals surface area contributed by atoms with E-state index in [0.717, 1.165) is 5.71 Å². The van der Waals surface area contributed by atoms with Crippen LogP contribution in [0.1, 0.15) is 33.6 Å². The third kappa shape index (κ3) is 5.53. The van der Waals surface area contributed by atoms with Crippen LogP contribution in [0.15, 0.2) is 4.99 Å². The van der Waals surface area contributed by atoms with E-state index in [4.69, 9.17) is 0 Å². The fourth-order valence-electron chi connectivity index (χ4n) is 0.890. The van der Waals surface area contributed by atoms with Gasteiger partial charge in [-0.3, -0.25) is 14.7 Å². The normalized spacial score (nSPS) is 14.8. The highest BCUT2D eigenvalue weighted by molar-refractivity contribution is 6.00. The van der Waals surface area contributed by atoms with Crippen molar-refractivity contribution in [2.75, 3.05) is 14.1 Å². The molecule has 0 radical (unpaired) electrons. The Morgan fingerprint density at radius 3 is 2.38 bits per heavy atom. The zero-order chi connectivity index (χ0) is 10.4. The molecule has 3 heteroatoms. The van der Waals surface area contributed by atoms with E-state index in [9.17, 15) is 4.79 Å². The molecular weight excluding hydrogens is 164 g/mol. The maximum absolute atomic E-state index is 11.1. The molecule has 0 aliphatic rings. The fraction of sp³-hybridized carbons (Fsp3) is 0.800. The van der Waals surface area contributed by atoms with Gasteiger partial charge in [-0.05, 0) is 27.9 Å². The Kier molecular flexibility index (Phi) is 5.55. The molecule has 0 spiro atoms. The molecule has 0 bridgehead atoms. The molecule has 76 valence electrons. The molecule has 0 aliphatic heterocycles. The van der Waals surface area contributed by atoms with Crippen molar-refractivity contribution in [1.29, 1.82) is 0 Å². The van der Waals surface area contributed by atoms with Gasteiger partial charge in [-0.2, -0.15) is 0 Å². The molecular formula is C10H20N2O. The van der Waals surface area contributed by atoms with E-state index in [2.05, 4.69) is 4.99 Å². The monoisotopic (exact) mass is 184 g/mol. The van der Waals surface area contributed by atoms with Gasteiger partial charge in [-0.1, -0.05) is 6.92 Å². The molecule has 0 saturated heterocycles. The Morgan fingerprint density at radius 2 is 2.00 bits per heavy atom. The number of aliphatic imine (C=N–C) groups is 1. The summed E-state index contributed by atoms with van der Waals surface area (Å²) in [6, 6.07) is 0. The quantitative estimate of drug-likeness (QED) is 0.609. The summed E-state index contributed by atoms with van der Waals surface area (Å²) in [5.74, 6) is 0.257. The van der Waals surface area contributed by atoms with Gasteiger partial charge < -0.3 is 0 Å². The van der Waals surface area contributed by atoms with Crippen LogP contribution in [0.3, 0.4) is 0 Å². The highest BCUT2D eigenvalue weighted by atomic mass is 16.1. The lowest BCUT2D eigenvalue weighted by Gasteiger charge is -2.15. The van der Waals surface area contributed by atoms with Crippen LogP contribution in [0.25, 0.3) is 0 Å². The van der Waals surface area contributed by atoms with E-state index in [0.29, 0.717) is 12.8 Å². The number of hydrogen-bond donors (Lipinski definition) is 0. The minimum atomic E-state index is 0.157. The third-order valence-electron chi connectivity index (χ3n) is 2.00. The van der Waals surface area contributed by atoms with Gasteiger partial charge in [-0.25, -0.2) is 0 Å². The van der Waals surface area contributed by atoms with E-state index >= 15 is 0 Å². The molecule has 13 heavy (non-hydrogen) atoms. The molecule has 0 aliphatic carbocycles. The van der Waals surface area contributed by atoms with Gasteiger partial charge in [0.2, 0.25) is 0 Å². The predicted molar refractivity (Wildman–Crippen MR) is 56.2 cm³/mol. The van der Waals surface area contributed by atoms with Crippen LogP contribution in [0, 0.1) is 0 Å². The highest BCUT2D eigenvalue weighted by Gasteiger charge is 2.04. The standard InChI is InChI=1S/C10H20N2O/c1-6-10(13)7-8(2)11-9(3)12(4)5/h9H,6-7H2,1-5H3. The molecule has 0 saturated carbocycles. The van der Waals surface area contributed by atoms with Crippen molar-refractivity contribution in [2.24, 2.45) is 4.99 Å². The van der Waals surface area contributed by atoms with Crippen LogP contribution in [0.5, 0.6) is 0 Å². The number of hydrogen-bond acceptors (Lipinski definition) is 3. The number of carbonyl (C=O) groups excluding carboxylic acids is 1. The summed E-state index contributed by atoms with van der Waals surface area (Å²) in [4.78, 5) is 17.5. The number of carbonyl (C=O) groups is 1. The number of Topliss-reactive ketones (excluding diaryl/α,β-unsaturated/α-hetero) is 1. The average Bonchev–Trinajstić information content (AvgIpc) is 2.03. The Bertz CT molecular complexity index is 197. The van der Waals surface area contributed by atoms with Crippen LogP contribution in [0.2, 0.25) is 0 Å². The largest absolute Gasteiger partial charge is 0.299 e. The van der Waals surface area contributed by atoms with Crippen molar-refractivity contribution in [3.63, 3.8) is 0 Å². The van der Waals surface area contributed by atoms with E-state index in [1.54, 1.807) is 0 Å². The Balaban J connectivity index is 4.08. The molecule has 0 aromatic rings. The highest BCUT2D eigenvalue weighted by Crippen LogP contribution is 1.98. The van der Waals surface area contributed by atoms with E-state index in [1.165, 1.54) is 0 Å². The molecule has 3 nitrogen and oxygen atoms in total. The SMILES string of the molecule is CCC(=O)CC(C)=NC(C)N(C)C.